The number of ketones is 1. The summed E-state index contributed by atoms with van der Waals surface area (Å²) in [6.45, 7) is 2.10. The number of fused-ring (bicyclic) bond motifs is 1. The SMILES string of the molecule is CC1C2=C(CCCC2=O)Oc2ccccc21. The molecule has 0 saturated carbocycles. The van der Waals surface area contributed by atoms with Gasteiger partial charge in [-0.1, -0.05) is 25.1 Å². The lowest BCUT2D eigenvalue weighted by Gasteiger charge is -2.30. The van der Waals surface area contributed by atoms with Crippen molar-refractivity contribution in [2.24, 2.45) is 0 Å². The van der Waals surface area contributed by atoms with Crippen LogP contribution in [0.25, 0.3) is 0 Å². The van der Waals surface area contributed by atoms with E-state index in [0.29, 0.717) is 6.42 Å². The largest absolute Gasteiger partial charge is 0.461 e. The maximum Gasteiger partial charge on any atom is 0.162 e. The van der Waals surface area contributed by atoms with Gasteiger partial charge in [-0.05, 0) is 12.5 Å². The number of para-hydroxylation sites is 1. The third-order valence-electron chi connectivity index (χ3n) is 3.46. The van der Waals surface area contributed by atoms with Crippen LogP contribution in [-0.2, 0) is 4.79 Å². The van der Waals surface area contributed by atoms with Crippen molar-refractivity contribution in [2.75, 3.05) is 0 Å². The van der Waals surface area contributed by atoms with E-state index in [-0.39, 0.29) is 11.7 Å². The summed E-state index contributed by atoms with van der Waals surface area (Å²) in [5.74, 6) is 2.28. The second-order valence-corrected chi connectivity index (χ2v) is 4.48. The van der Waals surface area contributed by atoms with E-state index in [1.165, 1.54) is 0 Å². The maximum absolute atomic E-state index is 11.9. The second-order valence-electron chi connectivity index (χ2n) is 4.48. The van der Waals surface area contributed by atoms with Crippen molar-refractivity contribution < 1.29 is 9.53 Å². The van der Waals surface area contributed by atoms with Crippen molar-refractivity contribution in [3.63, 3.8) is 0 Å². The smallest absolute Gasteiger partial charge is 0.162 e. The minimum atomic E-state index is 0.188. The Hall–Kier alpha value is -1.57. The Morgan fingerprint density at radius 1 is 1.25 bits per heavy atom. The number of ether oxygens (including phenoxy) is 1. The lowest BCUT2D eigenvalue weighted by atomic mass is 9.82. The molecule has 0 N–H and O–H groups in total. The number of carbonyl (C=O) groups is 1. The molecule has 1 aromatic carbocycles. The molecular weight excluding hydrogens is 200 g/mol. The molecular formula is C14H14O2. The Labute approximate surface area is 94.9 Å². The van der Waals surface area contributed by atoms with Gasteiger partial charge in [0, 0.05) is 29.9 Å². The zero-order valence-corrected chi connectivity index (χ0v) is 9.32. The minimum Gasteiger partial charge on any atom is -0.461 e. The molecule has 0 amide bonds. The molecule has 0 aromatic heterocycles. The van der Waals surface area contributed by atoms with E-state index in [0.717, 1.165) is 35.5 Å². The monoisotopic (exact) mass is 214 g/mol. The molecule has 1 aromatic rings. The minimum absolute atomic E-state index is 0.188. The first-order valence-electron chi connectivity index (χ1n) is 5.80. The summed E-state index contributed by atoms with van der Waals surface area (Å²) in [6.07, 6.45) is 2.50. The van der Waals surface area contributed by atoms with Crippen molar-refractivity contribution in [1.29, 1.82) is 0 Å². The summed E-state index contributed by atoms with van der Waals surface area (Å²) in [4.78, 5) is 11.9. The molecule has 2 nitrogen and oxygen atoms in total. The standard InChI is InChI=1S/C14H14O2/c1-9-10-5-2-3-7-12(10)16-13-8-4-6-11(15)14(9)13/h2-3,5,7,9H,4,6,8H2,1H3. The molecule has 82 valence electrons. The highest BCUT2D eigenvalue weighted by Gasteiger charge is 2.32. The topological polar surface area (TPSA) is 26.3 Å². The maximum atomic E-state index is 11.9. The van der Waals surface area contributed by atoms with Gasteiger partial charge in [0.1, 0.15) is 11.5 Å². The molecule has 1 aliphatic heterocycles. The molecule has 2 heteroatoms. The predicted octanol–water partition coefficient (Wildman–Crippen LogP) is 3.19. The number of hydrogen-bond acceptors (Lipinski definition) is 2. The Balaban J connectivity index is 2.12. The normalized spacial score (nSPS) is 23.6. The highest BCUT2D eigenvalue weighted by molar-refractivity contribution is 5.98. The van der Waals surface area contributed by atoms with Gasteiger partial charge in [-0.25, -0.2) is 0 Å². The van der Waals surface area contributed by atoms with Crippen molar-refractivity contribution in [2.45, 2.75) is 32.1 Å². The van der Waals surface area contributed by atoms with Gasteiger partial charge in [-0.3, -0.25) is 4.79 Å². The zero-order valence-electron chi connectivity index (χ0n) is 9.32. The summed E-state index contributed by atoms with van der Waals surface area (Å²) >= 11 is 0. The highest BCUT2D eigenvalue weighted by Crippen LogP contribution is 2.42. The molecule has 1 atom stereocenters. The third-order valence-corrected chi connectivity index (χ3v) is 3.46. The zero-order chi connectivity index (χ0) is 11.1. The Kier molecular flexibility index (Phi) is 2.10. The molecule has 1 unspecified atom stereocenters. The van der Waals surface area contributed by atoms with E-state index < -0.39 is 0 Å². The number of allylic oxidation sites excluding steroid dienone is 2. The third kappa shape index (κ3) is 1.29. The first kappa shape index (κ1) is 9.64. The predicted molar refractivity (Wildman–Crippen MR) is 61.4 cm³/mol. The van der Waals surface area contributed by atoms with Gasteiger partial charge in [0.2, 0.25) is 0 Å². The Bertz CT molecular complexity index is 485. The van der Waals surface area contributed by atoms with E-state index in [2.05, 4.69) is 6.92 Å². The molecule has 1 aliphatic carbocycles. The summed E-state index contributed by atoms with van der Waals surface area (Å²) in [6, 6.07) is 8.00. The summed E-state index contributed by atoms with van der Waals surface area (Å²) in [5, 5.41) is 0. The van der Waals surface area contributed by atoms with Gasteiger partial charge >= 0.3 is 0 Å². The molecule has 2 aliphatic rings. The fourth-order valence-electron chi connectivity index (χ4n) is 2.64. The molecule has 0 spiro atoms. The van der Waals surface area contributed by atoms with Gasteiger partial charge in [0.25, 0.3) is 0 Å². The van der Waals surface area contributed by atoms with Crippen LogP contribution >= 0.6 is 0 Å². The average Bonchev–Trinajstić information content (AvgIpc) is 2.29. The van der Waals surface area contributed by atoms with E-state index in [1.54, 1.807) is 0 Å². The van der Waals surface area contributed by atoms with Crippen LogP contribution in [0, 0.1) is 0 Å². The van der Waals surface area contributed by atoms with Gasteiger partial charge in [0.15, 0.2) is 5.78 Å². The van der Waals surface area contributed by atoms with Crippen LogP contribution in [0.4, 0.5) is 0 Å². The van der Waals surface area contributed by atoms with E-state index in [9.17, 15) is 4.79 Å². The van der Waals surface area contributed by atoms with Crippen molar-refractivity contribution in [3.05, 3.63) is 41.2 Å². The van der Waals surface area contributed by atoms with Crippen LogP contribution in [-0.4, -0.2) is 5.78 Å². The van der Waals surface area contributed by atoms with E-state index in [1.807, 2.05) is 24.3 Å². The molecule has 0 fully saturated rings. The molecule has 16 heavy (non-hydrogen) atoms. The Morgan fingerprint density at radius 3 is 2.94 bits per heavy atom. The average molecular weight is 214 g/mol. The van der Waals surface area contributed by atoms with Crippen molar-refractivity contribution in [1.82, 2.24) is 0 Å². The fraction of sp³-hybridized carbons (Fsp3) is 0.357. The van der Waals surface area contributed by atoms with Gasteiger partial charge in [0.05, 0.1) is 0 Å². The molecule has 1 heterocycles. The van der Waals surface area contributed by atoms with Crippen LogP contribution in [0.2, 0.25) is 0 Å². The first-order chi connectivity index (χ1) is 7.77. The molecule has 3 rings (SSSR count). The van der Waals surface area contributed by atoms with Crippen LogP contribution in [0.1, 0.15) is 37.7 Å². The van der Waals surface area contributed by atoms with Crippen molar-refractivity contribution >= 4 is 5.78 Å². The number of Topliss-reactive ketones (excluding diaryl/α,β-unsaturated/α-hetero) is 1. The van der Waals surface area contributed by atoms with Crippen LogP contribution in [0.15, 0.2) is 35.6 Å². The second kappa shape index (κ2) is 3.48. The highest BCUT2D eigenvalue weighted by atomic mass is 16.5. The molecule has 0 radical (unpaired) electrons. The van der Waals surface area contributed by atoms with E-state index in [4.69, 9.17) is 4.74 Å². The van der Waals surface area contributed by atoms with E-state index >= 15 is 0 Å². The summed E-state index contributed by atoms with van der Waals surface area (Å²) in [5.41, 5.74) is 2.04. The number of hydrogen-bond donors (Lipinski definition) is 0. The quantitative estimate of drug-likeness (QED) is 0.663. The lowest BCUT2D eigenvalue weighted by molar-refractivity contribution is -0.116. The fourth-order valence-corrected chi connectivity index (χ4v) is 2.64. The molecule has 0 bridgehead atoms. The summed E-state index contributed by atoms with van der Waals surface area (Å²) in [7, 11) is 0. The number of rotatable bonds is 0. The van der Waals surface area contributed by atoms with Gasteiger partial charge < -0.3 is 4.74 Å². The Morgan fingerprint density at radius 2 is 2.06 bits per heavy atom. The van der Waals surface area contributed by atoms with Gasteiger partial charge in [-0.15, -0.1) is 0 Å². The van der Waals surface area contributed by atoms with Gasteiger partial charge in [-0.2, -0.15) is 0 Å². The van der Waals surface area contributed by atoms with Crippen LogP contribution in [0.5, 0.6) is 5.75 Å². The first-order valence-corrected chi connectivity index (χ1v) is 5.80. The lowest BCUT2D eigenvalue weighted by Crippen LogP contribution is -2.23. The van der Waals surface area contributed by atoms with Crippen LogP contribution < -0.4 is 4.74 Å². The number of benzene rings is 1. The molecule has 0 saturated heterocycles. The number of carbonyl (C=O) groups excluding carboxylic acids is 1. The summed E-state index contributed by atoms with van der Waals surface area (Å²) < 4.78 is 5.84. The van der Waals surface area contributed by atoms with Crippen LogP contribution in [0.3, 0.4) is 0 Å². The van der Waals surface area contributed by atoms with Crippen molar-refractivity contribution in [3.8, 4) is 5.75 Å².